The highest BCUT2D eigenvalue weighted by atomic mass is 32.2. The highest BCUT2D eigenvalue weighted by Gasteiger charge is 2.31. The molecule has 0 saturated carbocycles. The van der Waals surface area contributed by atoms with Crippen LogP contribution in [0.15, 0.2) is 53.4 Å². The Bertz CT molecular complexity index is 922. The number of methoxy groups -OCH3 is 1. The van der Waals surface area contributed by atoms with Gasteiger partial charge in [-0.05, 0) is 54.0 Å². The van der Waals surface area contributed by atoms with Gasteiger partial charge in [-0.1, -0.05) is 43.3 Å². The van der Waals surface area contributed by atoms with Crippen molar-refractivity contribution >= 4 is 16.0 Å². The third-order valence-electron chi connectivity index (χ3n) is 5.35. The molecule has 1 unspecified atom stereocenters. The van der Waals surface area contributed by atoms with Gasteiger partial charge in [0.15, 0.2) is 0 Å². The molecule has 5 nitrogen and oxygen atoms in total. The molecule has 0 N–H and O–H groups in total. The summed E-state index contributed by atoms with van der Waals surface area (Å²) in [6.07, 6.45) is 2.86. The number of piperidine rings is 1. The zero-order valence-corrected chi connectivity index (χ0v) is 17.2. The first kappa shape index (κ1) is 20.6. The van der Waals surface area contributed by atoms with E-state index in [2.05, 4.69) is 0 Å². The van der Waals surface area contributed by atoms with Crippen LogP contribution in [0, 0.1) is 0 Å². The van der Waals surface area contributed by atoms with Gasteiger partial charge in [-0.3, -0.25) is 4.79 Å². The Morgan fingerprint density at radius 2 is 1.89 bits per heavy atom. The summed E-state index contributed by atoms with van der Waals surface area (Å²) >= 11 is 0. The first-order valence-corrected chi connectivity index (χ1v) is 11.1. The summed E-state index contributed by atoms with van der Waals surface area (Å²) in [7, 11) is -2.12. The molecule has 28 heavy (non-hydrogen) atoms. The summed E-state index contributed by atoms with van der Waals surface area (Å²) in [5.41, 5.74) is 3.08. The third-order valence-corrected chi connectivity index (χ3v) is 7.23. The van der Waals surface area contributed by atoms with Gasteiger partial charge in [0.1, 0.15) is 0 Å². The average molecular weight is 402 g/mol. The van der Waals surface area contributed by atoms with Gasteiger partial charge in [-0.25, -0.2) is 8.42 Å². The van der Waals surface area contributed by atoms with E-state index >= 15 is 0 Å². The molecule has 0 aromatic heterocycles. The van der Waals surface area contributed by atoms with Crippen LogP contribution in [0.2, 0.25) is 0 Å². The lowest BCUT2D eigenvalue weighted by atomic mass is 9.90. The summed E-state index contributed by atoms with van der Waals surface area (Å²) in [6, 6.07) is 15.0. The Hall–Kier alpha value is -2.18. The van der Waals surface area contributed by atoms with Crippen molar-refractivity contribution in [1.82, 2.24) is 4.31 Å². The molecule has 150 valence electrons. The molecule has 1 atom stereocenters. The molecule has 0 amide bonds. The number of esters is 1. The van der Waals surface area contributed by atoms with E-state index in [0.717, 1.165) is 36.0 Å². The second-order valence-corrected chi connectivity index (χ2v) is 9.14. The topological polar surface area (TPSA) is 63.7 Å². The van der Waals surface area contributed by atoms with Crippen LogP contribution in [-0.4, -0.2) is 38.9 Å². The fourth-order valence-electron chi connectivity index (χ4n) is 3.67. The van der Waals surface area contributed by atoms with E-state index in [4.69, 9.17) is 4.74 Å². The molecule has 1 saturated heterocycles. The Balaban J connectivity index is 1.78. The van der Waals surface area contributed by atoms with Gasteiger partial charge in [-0.2, -0.15) is 4.31 Å². The maximum Gasteiger partial charge on any atom is 0.309 e. The van der Waals surface area contributed by atoms with Crippen LogP contribution in [0.1, 0.15) is 42.4 Å². The number of carbonyl (C=O) groups is 1. The smallest absolute Gasteiger partial charge is 0.309 e. The van der Waals surface area contributed by atoms with Crippen molar-refractivity contribution in [3.05, 3.63) is 65.2 Å². The number of carbonyl (C=O) groups excluding carboxylic acids is 1. The number of aryl methyl sites for hydroxylation is 1. The van der Waals surface area contributed by atoms with E-state index in [1.54, 1.807) is 16.4 Å². The summed E-state index contributed by atoms with van der Waals surface area (Å²) in [5, 5.41) is 0. The Morgan fingerprint density at radius 3 is 2.57 bits per heavy atom. The lowest BCUT2D eigenvalue weighted by Gasteiger charge is -2.32. The number of ether oxygens (including phenoxy) is 1. The quantitative estimate of drug-likeness (QED) is 0.695. The minimum absolute atomic E-state index is 0.121. The number of nitrogens with zero attached hydrogens (tertiary/aromatic N) is 1. The van der Waals surface area contributed by atoms with E-state index in [1.165, 1.54) is 7.11 Å². The lowest BCUT2D eigenvalue weighted by Crippen LogP contribution is -2.39. The molecule has 0 bridgehead atoms. The molecule has 0 radical (unpaired) electrons. The van der Waals surface area contributed by atoms with Crippen molar-refractivity contribution in [3.8, 4) is 0 Å². The van der Waals surface area contributed by atoms with E-state index in [-0.39, 0.29) is 18.3 Å². The minimum atomic E-state index is -3.50. The van der Waals surface area contributed by atoms with E-state index in [0.29, 0.717) is 18.0 Å². The molecule has 6 heteroatoms. The maximum absolute atomic E-state index is 13.1. The fourth-order valence-corrected chi connectivity index (χ4v) is 5.20. The zero-order valence-electron chi connectivity index (χ0n) is 16.4. The normalized spacial score (nSPS) is 18.0. The van der Waals surface area contributed by atoms with Crippen LogP contribution in [-0.2, 0) is 32.4 Å². The lowest BCUT2D eigenvalue weighted by molar-refractivity contribution is -0.139. The second-order valence-electron chi connectivity index (χ2n) is 7.20. The van der Waals surface area contributed by atoms with Gasteiger partial charge in [-0.15, -0.1) is 0 Å². The minimum Gasteiger partial charge on any atom is -0.469 e. The van der Waals surface area contributed by atoms with E-state index in [9.17, 15) is 13.2 Å². The zero-order chi connectivity index (χ0) is 20.1. The predicted octanol–water partition coefficient (Wildman–Crippen LogP) is 3.53. The van der Waals surface area contributed by atoms with Crippen LogP contribution >= 0.6 is 0 Å². The van der Waals surface area contributed by atoms with Gasteiger partial charge >= 0.3 is 5.97 Å². The predicted molar refractivity (Wildman–Crippen MR) is 109 cm³/mol. The average Bonchev–Trinajstić information content (AvgIpc) is 2.74. The largest absolute Gasteiger partial charge is 0.469 e. The first-order valence-electron chi connectivity index (χ1n) is 9.68. The molecule has 2 aromatic carbocycles. The molecular weight excluding hydrogens is 374 g/mol. The molecule has 1 heterocycles. The van der Waals surface area contributed by atoms with Crippen molar-refractivity contribution < 1.29 is 17.9 Å². The third kappa shape index (κ3) is 4.62. The highest BCUT2D eigenvalue weighted by Crippen LogP contribution is 2.31. The molecule has 3 rings (SSSR count). The number of rotatable bonds is 6. The summed E-state index contributed by atoms with van der Waals surface area (Å²) < 4.78 is 32.5. The van der Waals surface area contributed by atoms with Crippen molar-refractivity contribution in [3.63, 3.8) is 0 Å². The van der Waals surface area contributed by atoms with Crippen molar-refractivity contribution in [2.45, 2.75) is 43.4 Å². The first-order chi connectivity index (χ1) is 13.4. The fraction of sp³-hybridized carbons (Fsp3) is 0.409. The number of sulfonamides is 1. The molecular formula is C22H27NO4S. The van der Waals surface area contributed by atoms with Gasteiger partial charge in [0, 0.05) is 13.1 Å². The van der Waals surface area contributed by atoms with Crippen molar-refractivity contribution in [1.29, 1.82) is 0 Å². The molecule has 0 aliphatic carbocycles. The Kier molecular flexibility index (Phi) is 6.52. The maximum atomic E-state index is 13.1. The van der Waals surface area contributed by atoms with Gasteiger partial charge in [0.05, 0.1) is 18.4 Å². The molecule has 1 fully saturated rings. The van der Waals surface area contributed by atoms with Crippen molar-refractivity contribution in [2.75, 3.05) is 20.2 Å². The van der Waals surface area contributed by atoms with Gasteiger partial charge < -0.3 is 4.74 Å². The Labute approximate surface area is 167 Å². The van der Waals surface area contributed by atoms with Crippen molar-refractivity contribution in [2.24, 2.45) is 0 Å². The van der Waals surface area contributed by atoms with E-state index < -0.39 is 10.0 Å². The Morgan fingerprint density at radius 1 is 1.14 bits per heavy atom. The van der Waals surface area contributed by atoms with Gasteiger partial charge in [0.2, 0.25) is 10.0 Å². The van der Waals surface area contributed by atoms with Crippen LogP contribution < -0.4 is 0 Å². The SMILES string of the molecule is CCc1ccc(S(=O)(=O)N2CCCC(c3cccc(CC(=O)OC)c3)C2)cc1. The van der Waals surface area contributed by atoms with Crippen LogP contribution in [0.4, 0.5) is 0 Å². The number of hydrogen-bond donors (Lipinski definition) is 0. The van der Waals surface area contributed by atoms with Gasteiger partial charge in [0.25, 0.3) is 0 Å². The second kappa shape index (κ2) is 8.88. The van der Waals surface area contributed by atoms with Crippen LogP contribution in [0.5, 0.6) is 0 Å². The summed E-state index contributed by atoms with van der Waals surface area (Å²) in [4.78, 5) is 11.9. The number of hydrogen-bond acceptors (Lipinski definition) is 4. The van der Waals surface area contributed by atoms with Crippen LogP contribution in [0.3, 0.4) is 0 Å². The highest BCUT2D eigenvalue weighted by molar-refractivity contribution is 7.89. The van der Waals surface area contributed by atoms with E-state index in [1.807, 2.05) is 43.3 Å². The standard InChI is InChI=1S/C22H27NO4S/c1-3-17-9-11-21(12-10-17)28(25,26)23-13-5-8-20(16-23)19-7-4-6-18(14-19)15-22(24)27-2/h4,6-7,9-12,14,20H,3,5,8,13,15-16H2,1-2H3. The summed E-state index contributed by atoms with van der Waals surface area (Å²) in [5.74, 6) is -0.156. The molecule has 1 aliphatic heterocycles. The molecule has 2 aromatic rings. The number of benzene rings is 2. The molecule has 0 spiro atoms. The molecule has 1 aliphatic rings. The summed E-state index contributed by atoms with van der Waals surface area (Å²) in [6.45, 7) is 3.04. The monoisotopic (exact) mass is 401 g/mol. The van der Waals surface area contributed by atoms with Crippen LogP contribution in [0.25, 0.3) is 0 Å².